The van der Waals surface area contributed by atoms with Gasteiger partial charge in [0.1, 0.15) is 12.4 Å². The first-order chi connectivity index (χ1) is 9.38. The third kappa shape index (κ3) is 3.63. The molecular weight excluding hydrogens is 312 g/mol. The van der Waals surface area contributed by atoms with E-state index in [9.17, 15) is 0 Å². The minimum Gasteiger partial charge on any atom is -0.488 e. The highest BCUT2D eigenvalue weighted by Crippen LogP contribution is 2.32. The van der Waals surface area contributed by atoms with E-state index in [1.165, 1.54) is 16.7 Å². The summed E-state index contributed by atoms with van der Waals surface area (Å²) >= 11 is 3.61. The molecule has 2 heteroatoms. The smallest absolute Gasteiger partial charge is 0.134 e. The fourth-order valence-electron chi connectivity index (χ4n) is 2.01. The predicted octanol–water partition coefficient (Wildman–Crippen LogP) is 5.63. The van der Waals surface area contributed by atoms with Crippen LogP contribution >= 0.6 is 15.9 Å². The van der Waals surface area contributed by atoms with Crippen LogP contribution in [0.15, 0.2) is 46.9 Å². The number of benzene rings is 2. The van der Waals surface area contributed by atoms with Crippen LogP contribution in [0.2, 0.25) is 0 Å². The van der Waals surface area contributed by atoms with Crippen LogP contribution in [-0.4, -0.2) is 0 Å². The quantitative estimate of drug-likeness (QED) is 0.707. The molecule has 0 bridgehead atoms. The fourth-order valence-corrected chi connectivity index (χ4v) is 2.51. The summed E-state index contributed by atoms with van der Waals surface area (Å²) in [7, 11) is 0. The average molecular weight is 333 g/mol. The first kappa shape index (κ1) is 15.1. The highest BCUT2D eigenvalue weighted by molar-refractivity contribution is 9.10. The van der Waals surface area contributed by atoms with Crippen molar-refractivity contribution in [2.24, 2.45) is 0 Å². The minimum atomic E-state index is 0.150. The lowest BCUT2D eigenvalue weighted by Gasteiger charge is -2.20. The Balaban J connectivity index is 2.13. The molecule has 2 aromatic carbocycles. The number of halogens is 1. The summed E-state index contributed by atoms with van der Waals surface area (Å²) in [5.74, 6) is 0.890. The van der Waals surface area contributed by atoms with Gasteiger partial charge in [0.2, 0.25) is 0 Å². The van der Waals surface area contributed by atoms with Crippen molar-refractivity contribution in [2.45, 2.75) is 39.7 Å². The SMILES string of the molecule is Cc1ccccc1COc1ccc(C(C)(C)C)cc1Br. The van der Waals surface area contributed by atoms with Crippen LogP contribution in [0.25, 0.3) is 0 Å². The monoisotopic (exact) mass is 332 g/mol. The molecule has 0 aliphatic carbocycles. The van der Waals surface area contributed by atoms with Crippen LogP contribution in [0.5, 0.6) is 5.75 Å². The van der Waals surface area contributed by atoms with Crippen LogP contribution in [0.1, 0.15) is 37.5 Å². The molecule has 0 atom stereocenters. The van der Waals surface area contributed by atoms with Gasteiger partial charge in [-0.1, -0.05) is 51.1 Å². The highest BCUT2D eigenvalue weighted by atomic mass is 79.9. The van der Waals surface area contributed by atoms with Crippen molar-refractivity contribution in [1.82, 2.24) is 0 Å². The molecule has 0 saturated heterocycles. The van der Waals surface area contributed by atoms with E-state index in [4.69, 9.17) is 4.74 Å². The van der Waals surface area contributed by atoms with Gasteiger partial charge in [-0.15, -0.1) is 0 Å². The van der Waals surface area contributed by atoms with Crippen LogP contribution < -0.4 is 4.74 Å². The van der Waals surface area contributed by atoms with Crippen LogP contribution in [0, 0.1) is 6.92 Å². The number of hydrogen-bond donors (Lipinski definition) is 0. The minimum absolute atomic E-state index is 0.150. The molecule has 0 heterocycles. The molecule has 0 aromatic heterocycles. The zero-order valence-electron chi connectivity index (χ0n) is 12.5. The second-order valence-corrected chi connectivity index (χ2v) is 6.96. The van der Waals surface area contributed by atoms with Crippen molar-refractivity contribution in [2.75, 3.05) is 0 Å². The molecule has 1 nitrogen and oxygen atoms in total. The lowest BCUT2D eigenvalue weighted by atomic mass is 9.87. The summed E-state index contributed by atoms with van der Waals surface area (Å²) in [5.41, 5.74) is 3.93. The van der Waals surface area contributed by atoms with E-state index in [-0.39, 0.29) is 5.41 Å². The normalized spacial score (nSPS) is 11.4. The Bertz CT molecular complexity index is 597. The van der Waals surface area contributed by atoms with Crippen molar-refractivity contribution in [3.8, 4) is 5.75 Å². The van der Waals surface area contributed by atoms with E-state index in [1.54, 1.807) is 0 Å². The Kier molecular flexibility index (Phi) is 4.54. The van der Waals surface area contributed by atoms with Crippen LogP contribution in [0.4, 0.5) is 0 Å². The maximum Gasteiger partial charge on any atom is 0.134 e. The molecule has 2 rings (SSSR count). The highest BCUT2D eigenvalue weighted by Gasteiger charge is 2.15. The lowest BCUT2D eigenvalue weighted by molar-refractivity contribution is 0.303. The molecule has 0 aliphatic rings. The third-order valence-electron chi connectivity index (χ3n) is 3.44. The molecule has 0 unspecified atom stereocenters. The number of rotatable bonds is 3. The average Bonchev–Trinajstić information content (AvgIpc) is 2.38. The van der Waals surface area contributed by atoms with E-state index >= 15 is 0 Å². The van der Waals surface area contributed by atoms with E-state index in [0.29, 0.717) is 6.61 Å². The Morgan fingerprint density at radius 3 is 2.35 bits per heavy atom. The molecule has 0 amide bonds. The van der Waals surface area contributed by atoms with Gasteiger partial charge in [0.15, 0.2) is 0 Å². The van der Waals surface area contributed by atoms with E-state index < -0.39 is 0 Å². The van der Waals surface area contributed by atoms with Gasteiger partial charge in [-0.05, 0) is 57.1 Å². The van der Waals surface area contributed by atoms with Crippen molar-refractivity contribution in [3.63, 3.8) is 0 Å². The van der Waals surface area contributed by atoms with Crippen molar-refractivity contribution >= 4 is 15.9 Å². The number of hydrogen-bond acceptors (Lipinski definition) is 1. The van der Waals surface area contributed by atoms with Gasteiger partial charge >= 0.3 is 0 Å². The van der Waals surface area contributed by atoms with E-state index in [1.807, 2.05) is 18.2 Å². The summed E-state index contributed by atoms with van der Waals surface area (Å²) in [4.78, 5) is 0. The molecular formula is C18H21BrO. The van der Waals surface area contributed by atoms with Gasteiger partial charge in [0, 0.05) is 0 Å². The Hall–Kier alpha value is -1.28. The topological polar surface area (TPSA) is 9.23 Å². The first-order valence-corrected chi connectivity index (χ1v) is 7.64. The molecule has 0 aliphatic heterocycles. The van der Waals surface area contributed by atoms with Crippen molar-refractivity contribution < 1.29 is 4.74 Å². The van der Waals surface area contributed by atoms with Gasteiger partial charge in [0.05, 0.1) is 4.47 Å². The Morgan fingerprint density at radius 2 is 1.75 bits per heavy atom. The van der Waals surface area contributed by atoms with Gasteiger partial charge in [-0.2, -0.15) is 0 Å². The van der Waals surface area contributed by atoms with Gasteiger partial charge < -0.3 is 4.74 Å². The van der Waals surface area contributed by atoms with Crippen LogP contribution in [-0.2, 0) is 12.0 Å². The second-order valence-electron chi connectivity index (χ2n) is 6.11. The molecule has 0 N–H and O–H groups in total. The number of ether oxygens (including phenoxy) is 1. The first-order valence-electron chi connectivity index (χ1n) is 6.85. The summed E-state index contributed by atoms with van der Waals surface area (Å²) in [6.07, 6.45) is 0. The number of aryl methyl sites for hydroxylation is 1. The van der Waals surface area contributed by atoms with E-state index in [2.05, 4.69) is 67.9 Å². The predicted molar refractivity (Wildman–Crippen MR) is 88.4 cm³/mol. The van der Waals surface area contributed by atoms with Crippen LogP contribution in [0.3, 0.4) is 0 Å². The maximum absolute atomic E-state index is 5.92. The van der Waals surface area contributed by atoms with Gasteiger partial charge in [0.25, 0.3) is 0 Å². The zero-order chi connectivity index (χ0) is 14.8. The molecule has 0 radical (unpaired) electrons. The second kappa shape index (κ2) is 6.01. The summed E-state index contributed by atoms with van der Waals surface area (Å²) < 4.78 is 6.94. The Labute approximate surface area is 130 Å². The van der Waals surface area contributed by atoms with E-state index in [0.717, 1.165) is 10.2 Å². The fraction of sp³-hybridized carbons (Fsp3) is 0.333. The molecule has 0 fully saturated rings. The largest absolute Gasteiger partial charge is 0.488 e. The molecule has 0 saturated carbocycles. The molecule has 2 aromatic rings. The summed E-state index contributed by atoms with van der Waals surface area (Å²) in [6.45, 7) is 9.34. The lowest BCUT2D eigenvalue weighted by Crippen LogP contribution is -2.11. The van der Waals surface area contributed by atoms with Crippen molar-refractivity contribution in [1.29, 1.82) is 0 Å². The zero-order valence-corrected chi connectivity index (χ0v) is 14.1. The standard InChI is InChI=1S/C18H21BrO/c1-13-7-5-6-8-14(13)12-20-17-10-9-15(11-16(17)19)18(2,3)4/h5-11H,12H2,1-4H3. The summed E-state index contributed by atoms with van der Waals surface area (Å²) in [5, 5.41) is 0. The van der Waals surface area contributed by atoms with Crippen molar-refractivity contribution in [3.05, 3.63) is 63.6 Å². The maximum atomic E-state index is 5.92. The third-order valence-corrected chi connectivity index (χ3v) is 4.06. The molecule has 0 spiro atoms. The molecule has 106 valence electrons. The van der Waals surface area contributed by atoms with Gasteiger partial charge in [-0.25, -0.2) is 0 Å². The molecule has 20 heavy (non-hydrogen) atoms. The Morgan fingerprint density at radius 1 is 1.05 bits per heavy atom. The summed E-state index contributed by atoms with van der Waals surface area (Å²) in [6, 6.07) is 14.6. The van der Waals surface area contributed by atoms with Gasteiger partial charge in [-0.3, -0.25) is 0 Å².